The second-order valence-corrected chi connectivity index (χ2v) is 3.77. The number of halogens is 1. The third-order valence-corrected chi connectivity index (χ3v) is 2.47. The molecule has 2 aromatic rings. The molecule has 0 fully saturated rings. The van der Waals surface area contributed by atoms with Crippen LogP contribution in [0.2, 0.25) is 0 Å². The normalized spacial score (nSPS) is 10.2. The molecule has 0 aromatic heterocycles. The van der Waals surface area contributed by atoms with Crippen LogP contribution in [0.3, 0.4) is 0 Å². The van der Waals surface area contributed by atoms with Gasteiger partial charge < -0.3 is 5.11 Å². The number of aromatic hydroxyl groups is 1. The standard InChI is InChI=1S/C14H11FO2/c15-12-5-3-11(4-6-12)14(17)9-10-1-7-13(16)8-2-10/h1-8,16H,9H2. The van der Waals surface area contributed by atoms with Crippen molar-refractivity contribution in [2.45, 2.75) is 6.42 Å². The molecule has 0 spiro atoms. The van der Waals surface area contributed by atoms with Gasteiger partial charge in [0.2, 0.25) is 0 Å². The van der Waals surface area contributed by atoms with Crippen LogP contribution in [0.15, 0.2) is 48.5 Å². The Labute approximate surface area is 98.3 Å². The fourth-order valence-corrected chi connectivity index (χ4v) is 1.54. The van der Waals surface area contributed by atoms with Gasteiger partial charge in [0, 0.05) is 12.0 Å². The van der Waals surface area contributed by atoms with Crippen LogP contribution < -0.4 is 0 Å². The number of hydrogen-bond donors (Lipinski definition) is 1. The van der Waals surface area contributed by atoms with Gasteiger partial charge in [0.25, 0.3) is 0 Å². The number of carbonyl (C=O) groups excluding carboxylic acids is 1. The number of Topliss-reactive ketones (excluding diaryl/α,β-unsaturated/α-hetero) is 1. The van der Waals surface area contributed by atoms with E-state index >= 15 is 0 Å². The Morgan fingerprint density at radius 1 is 1.00 bits per heavy atom. The molecule has 0 aliphatic carbocycles. The lowest BCUT2D eigenvalue weighted by Gasteiger charge is -2.02. The van der Waals surface area contributed by atoms with Crippen LogP contribution in [-0.4, -0.2) is 10.9 Å². The molecule has 0 aliphatic rings. The Morgan fingerprint density at radius 2 is 1.59 bits per heavy atom. The molecule has 0 aliphatic heterocycles. The van der Waals surface area contributed by atoms with Crippen LogP contribution in [0, 0.1) is 5.82 Å². The second-order valence-electron chi connectivity index (χ2n) is 3.77. The molecule has 17 heavy (non-hydrogen) atoms. The number of hydrogen-bond acceptors (Lipinski definition) is 2. The zero-order valence-corrected chi connectivity index (χ0v) is 9.06. The van der Waals surface area contributed by atoms with Gasteiger partial charge in [0.1, 0.15) is 11.6 Å². The van der Waals surface area contributed by atoms with Crippen molar-refractivity contribution in [2.24, 2.45) is 0 Å². The summed E-state index contributed by atoms with van der Waals surface area (Å²) in [6, 6.07) is 11.9. The lowest BCUT2D eigenvalue weighted by molar-refractivity contribution is 0.0993. The molecule has 0 bridgehead atoms. The molecule has 0 unspecified atom stereocenters. The van der Waals surface area contributed by atoms with Gasteiger partial charge in [-0.25, -0.2) is 4.39 Å². The third-order valence-electron chi connectivity index (χ3n) is 2.47. The molecule has 2 aromatic carbocycles. The Balaban J connectivity index is 2.11. The average Bonchev–Trinajstić information content (AvgIpc) is 2.33. The molecule has 2 nitrogen and oxygen atoms in total. The summed E-state index contributed by atoms with van der Waals surface area (Å²) < 4.78 is 12.7. The van der Waals surface area contributed by atoms with E-state index in [4.69, 9.17) is 5.11 Å². The fourth-order valence-electron chi connectivity index (χ4n) is 1.54. The molecule has 1 N–H and O–H groups in total. The van der Waals surface area contributed by atoms with Crippen molar-refractivity contribution in [1.29, 1.82) is 0 Å². The van der Waals surface area contributed by atoms with Crippen molar-refractivity contribution in [2.75, 3.05) is 0 Å². The Morgan fingerprint density at radius 3 is 2.18 bits per heavy atom. The van der Waals surface area contributed by atoms with E-state index < -0.39 is 0 Å². The van der Waals surface area contributed by atoms with Gasteiger partial charge in [-0.2, -0.15) is 0 Å². The number of benzene rings is 2. The highest BCUT2D eigenvalue weighted by Crippen LogP contribution is 2.12. The van der Waals surface area contributed by atoms with E-state index in [0.717, 1.165) is 5.56 Å². The maximum atomic E-state index is 12.7. The van der Waals surface area contributed by atoms with Crippen molar-refractivity contribution < 1.29 is 14.3 Å². The topological polar surface area (TPSA) is 37.3 Å². The number of phenolic OH excluding ortho intramolecular Hbond substituents is 1. The highest BCUT2D eigenvalue weighted by Gasteiger charge is 2.06. The average molecular weight is 230 g/mol. The largest absolute Gasteiger partial charge is 0.508 e. The summed E-state index contributed by atoms with van der Waals surface area (Å²) in [5, 5.41) is 9.11. The third kappa shape index (κ3) is 2.91. The number of phenols is 1. The first-order valence-corrected chi connectivity index (χ1v) is 5.22. The zero-order chi connectivity index (χ0) is 12.3. The van der Waals surface area contributed by atoms with Gasteiger partial charge in [0.15, 0.2) is 5.78 Å². The first-order valence-electron chi connectivity index (χ1n) is 5.22. The maximum Gasteiger partial charge on any atom is 0.167 e. The molecule has 3 heteroatoms. The Kier molecular flexibility index (Phi) is 3.19. The zero-order valence-electron chi connectivity index (χ0n) is 9.06. The lowest BCUT2D eigenvalue weighted by Crippen LogP contribution is -2.03. The second kappa shape index (κ2) is 4.78. The summed E-state index contributed by atoms with van der Waals surface area (Å²) in [5.41, 5.74) is 1.30. The molecule has 86 valence electrons. The molecule has 0 saturated heterocycles. The van der Waals surface area contributed by atoms with E-state index in [-0.39, 0.29) is 23.8 Å². The van der Waals surface area contributed by atoms with Gasteiger partial charge >= 0.3 is 0 Å². The van der Waals surface area contributed by atoms with E-state index in [0.29, 0.717) is 5.56 Å². The Hall–Kier alpha value is -2.16. The summed E-state index contributed by atoms with van der Waals surface area (Å²) in [6.07, 6.45) is 0.242. The van der Waals surface area contributed by atoms with E-state index in [1.54, 1.807) is 12.1 Å². The number of rotatable bonds is 3. The van der Waals surface area contributed by atoms with Crippen molar-refractivity contribution >= 4 is 5.78 Å². The van der Waals surface area contributed by atoms with Crippen LogP contribution in [0.25, 0.3) is 0 Å². The molecule has 0 atom stereocenters. The number of ketones is 1. The van der Waals surface area contributed by atoms with Gasteiger partial charge in [-0.15, -0.1) is 0 Å². The molecule has 2 rings (SSSR count). The van der Waals surface area contributed by atoms with Gasteiger partial charge in [-0.3, -0.25) is 4.79 Å². The van der Waals surface area contributed by atoms with Gasteiger partial charge in [-0.1, -0.05) is 12.1 Å². The fraction of sp³-hybridized carbons (Fsp3) is 0.0714. The molecular formula is C14H11FO2. The molecule has 0 radical (unpaired) electrons. The molecule has 0 saturated carbocycles. The molecule has 0 heterocycles. The lowest BCUT2D eigenvalue weighted by atomic mass is 10.0. The van der Waals surface area contributed by atoms with Crippen LogP contribution in [0.5, 0.6) is 5.75 Å². The first kappa shape index (κ1) is 11.3. The highest BCUT2D eigenvalue weighted by atomic mass is 19.1. The van der Waals surface area contributed by atoms with Crippen molar-refractivity contribution in [1.82, 2.24) is 0 Å². The van der Waals surface area contributed by atoms with Gasteiger partial charge in [-0.05, 0) is 42.0 Å². The first-order chi connectivity index (χ1) is 8.15. The monoisotopic (exact) mass is 230 g/mol. The van der Waals surface area contributed by atoms with Crippen LogP contribution in [0.1, 0.15) is 15.9 Å². The van der Waals surface area contributed by atoms with Crippen molar-refractivity contribution in [3.63, 3.8) is 0 Å². The number of carbonyl (C=O) groups is 1. The van der Waals surface area contributed by atoms with Crippen molar-refractivity contribution in [3.05, 3.63) is 65.5 Å². The predicted octanol–water partition coefficient (Wildman–Crippen LogP) is 2.96. The van der Waals surface area contributed by atoms with Crippen molar-refractivity contribution in [3.8, 4) is 5.75 Å². The molecule has 0 amide bonds. The maximum absolute atomic E-state index is 12.7. The quantitative estimate of drug-likeness (QED) is 0.823. The summed E-state index contributed by atoms with van der Waals surface area (Å²) in [5.74, 6) is -0.259. The molecular weight excluding hydrogens is 219 g/mol. The van der Waals surface area contributed by atoms with Crippen LogP contribution >= 0.6 is 0 Å². The van der Waals surface area contributed by atoms with E-state index in [2.05, 4.69) is 0 Å². The van der Waals surface area contributed by atoms with E-state index in [1.165, 1.54) is 36.4 Å². The summed E-state index contributed by atoms with van der Waals surface area (Å²) in [7, 11) is 0. The minimum atomic E-state index is -0.355. The SMILES string of the molecule is O=C(Cc1ccc(O)cc1)c1ccc(F)cc1. The highest BCUT2D eigenvalue weighted by molar-refractivity contribution is 5.97. The van der Waals surface area contributed by atoms with E-state index in [1.807, 2.05) is 0 Å². The minimum Gasteiger partial charge on any atom is -0.508 e. The van der Waals surface area contributed by atoms with Crippen LogP contribution in [0.4, 0.5) is 4.39 Å². The van der Waals surface area contributed by atoms with E-state index in [9.17, 15) is 9.18 Å². The van der Waals surface area contributed by atoms with Crippen LogP contribution in [-0.2, 0) is 6.42 Å². The van der Waals surface area contributed by atoms with Gasteiger partial charge in [0.05, 0.1) is 0 Å². The predicted molar refractivity (Wildman–Crippen MR) is 62.5 cm³/mol. The summed E-state index contributed by atoms with van der Waals surface area (Å²) in [6.45, 7) is 0. The minimum absolute atomic E-state index is 0.0734. The Bertz CT molecular complexity index is 515. The smallest absolute Gasteiger partial charge is 0.167 e. The summed E-state index contributed by atoms with van der Waals surface area (Å²) in [4.78, 5) is 11.8. The summed E-state index contributed by atoms with van der Waals surface area (Å²) >= 11 is 0.